The minimum absolute atomic E-state index is 0.0226. The Labute approximate surface area is 213 Å². The van der Waals surface area contributed by atoms with Gasteiger partial charge in [-0.3, -0.25) is 14.1 Å². The Hall–Kier alpha value is -3.24. The van der Waals surface area contributed by atoms with Gasteiger partial charge in [0.05, 0.1) is 23.9 Å². The fourth-order valence-electron chi connectivity index (χ4n) is 4.92. The van der Waals surface area contributed by atoms with Crippen LogP contribution in [0.3, 0.4) is 0 Å². The molecule has 1 aliphatic heterocycles. The molecule has 0 unspecified atom stereocenters. The second-order valence-electron chi connectivity index (χ2n) is 10.1. The molecule has 4 aromatic rings. The highest BCUT2D eigenvalue weighted by Gasteiger charge is 2.33. The maximum atomic E-state index is 13.3. The lowest BCUT2D eigenvalue weighted by Gasteiger charge is -2.31. The first-order valence-electron chi connectivity index (χ1n) is 12.7. The van der Waals surface area contributed by atoms with E-state index in [2.05, 4.69) is 15.2 Å². The summed E-state index contributed by atoms with van der Waals surface area (Å²) in [5, 5.41) is 9.49. The number of rotatable bonds is 7. The van der Waals surface area contributed by atoms with Gasteiger partial charge in [-0.25, -0.2) is 13.6 Å². The third-order valence-corrected chi connectivity index (χ3v) is 7.18. The summed E-state index contributed by atoms with van der Waals surface area (Å²) in [6.45, 7) is 7.80. The van der Waals surface area contributed by atoms with Crippen LogP contribution in [0.25, 0.3) is 33.2 Å². The Kier molecular flexibility index (Phi) is 6.80. The average Bonchev–Trinajstić information content (AvgIpc) is 3.15. The van der Waals surface area contributed by atoms with E-state index in [1.165, 1.54) is 4.57 Å². The first-order chi connectivity index (χ1) is 17.6. The van der Waals surface area contributed by atoms with E-state index in [4.69, 9.17) is 4.74 Å². The summed E-state index contributed by atoms with van der Waals surface area (Å²) in [5.41, 5.74) is 4.64. The van der Waals surface area contributed by atoms with Gasteiger partial charge in [-0.2, -0.15) is 0 Å². The zero-order valence-electron chi connectivity index (χ0n) is 21.6. The highest BCUT2D eigenvalue weighted by Crippen LogP contribution is 2.30. The molecule has 1 fully saturated rings. The van der Waals surface area contributed by atoms with Crippen LogP contribution >= 0.6 is 0 Å². The summed E-state index contributed by atoms with van der Waals surface area (Å²) in [4.78, 5) is 19.5. The maximum absolute atomic E-state index is 13.3. The van der Waals surface area contributed by atoms with Crippen molar-refractivity contribution in [1.29, 1.82) is 0 Å². The van der Waals surface area contributed by atoms with Gasteiger partial charge >= 0.3 is 5.69 Å². The number of nitrogens with zero attached hydrogens (tertiary/aromatic N) is 6. The normalized spacial score (nSPS) is 17.2. The number of pyridine rings is 1. The van der Waals surface area contributed by atoms with Gasteiger partial charge in [0.15, 0.2) is 5.65 Å². The molecule has 10 heteroatoms. The summed E-state index contributed by atoms with van der Waals surface area (Å²) in [7, 11) is 1.71. The molecule has 1 atom stereocenters. The second kappa shape index (κ2) is 9.90. The van der Waals surface area contributed by atoms with Crippen molar-refractivity contribution in [2.24, 2.45) is 7.05 Å². The van der Waals surface area contributed by atoms with Crippen LogP contribution < -0.4 is 5.69 Å². The van der Waals surface area contributed by atoms with Crippen LogP contribution in [-0.2, 0) is 11.8 Å². The molecule has 1 saturated heterocycles. The minimum Gasteiger partial charge on any atom is -0.371 e. The molecule has 5 rings (SSSR count). The van der Waals surface area contributed by atoms with E-state index >= 15 is 0 Å². The van der Waals surface area contributed by atoms with E-state index in [-0.39, 0.29) is 30.7 Å². The number of likely N-dealkylation sites (tertiary alicyclic amines) is 1. The lowest BCUT2D eigenvalue weighted by molar-refractivity contribution is -0.0609. The first-order valence-corrected chi connectivity index (χ1v) is 12.7. The Balaban J connectivity index is 1.33. The highest BCUT2D eigenvalue weighted by molar-refractivity contribution is 6.02. The first kappa shape index (κ1) is 25.4. The lowest BCUT2D eigenvalue weighted by atomic mass is 10.0. The second-order valence-corrected chi connectivity index (χ2v) is 10.1. The highest BCUT2D eigenvalue weighted by atomic mass is 19.3. The van der Waals surface area contributed by atoms with Crippen molar-refractivity contribution in [2.75, 3.05) is 26.2 Å². The summed E-state index contributed by atoms with van der Waals surface area (Å²) >= 11 is 0. The Morgan fingerprint density at radius 1 is 1.05 bits per heavy atom. The molecule has 0 spiro atoms. The fraction of sp³-hybridized carbons (Fsp3) is 0.481. The van der Waals surface area contributed by atoms with E-state index < -0.39 is 5.92 Å². The van der Waals surface area contributed by atoms with Crippen molar-refractivity contribution in [3.8, 4) is 11.1 Å². The van der Waals surface area contributed by atoms with E-state index in [9.17, 15) is 13.6 Å². The van der Waals surface area contributed by atoms with Crippen molar-refractivity contribution in [3.63, 3.8) is 0 Å². The average molecular weight is 511 g/mol. The maximum Gasteiger partial charge on any atom is 0.330 e. The number of halogens is 2. The van der Waals surface area contributed by atoms with Crippen LogP contribution in [0.2, 0.25) is 0 Å². The van der Waals surface area contributed by atoms with Gasteiger partial charge in [-0.05, 0) is 44.5 Å². The van der Waals surface area contributed by atoms with Crippen molar-refractivity contribution in [3.05, 3.63) is 52.7 Å². The quantitative estimate of drug-likeness (QED) is 0.358. The number of aromatic nitrogens is 5. The van der Waals surface area contributed by atoms with Crippen LogP contribution in [0.1, 0.15) is 51.5 Å². The molecule has 8 nitrogen and oxygen atoms in total. The number of hydrogen-bond donors (Lipinski definition) is 0. The molecule has 0 radical (unpaired) electrons. The molecule has 1 aliphatic rings. The van der Waals surface area contributed by atoms with Crippen LogP contribution in [0.5, 0.6) is 0 Å². The molecule has 0 saturated carbocycles. The number of benzene rings is 1. The SMILES string of the molecule is CC(C)n1c(=O)n(C)c2nnc3ccc(-c4ccc([C@@H](C)OCCN5CCC(F)(F)CC5)nc4)cc3c21. The van der Waals surface area contributed by atoms with Crippen molar-refractivity contribution in [1.82, 2.24) is 29.2 Å². The number of ether oxygens (including phenoxy) is 1. The fourth-order valence-corrected chi connectivity index (χ4v) is 4.92. The van der Waals surface area contributed by atoms with Crippen molar-refractivity contribution in [2.45, 2.75) is 51.7 Å². The van der Waals surface area contributed by atoms with Crippen LogP contribution in [0, 0.1) is 0 Å². The Morgan fingerprint density at radius 3 is 2.46 bits per heavy atom. The predicted octanol–water partition coefficient (Wildman–Crippen LogP) is 4.73. The molecular weight excluding hydrogens is 478 g/mol. The largest absolute Gasteiger partial charge is 0.371 e. The van der Waals surface area contributed by atoms with Gasteiger partial charge in [0, 0.05) is 62.7 Å². The molecule has 0 N–H and O–H groups in total. The molecule has 37 heavy (non-hydrogen) atoms. The molecular formula is C27H32F2N6O2. The molecule has 0 amide bonds. The molecule has 0 bridgehead atoms. The van der Waals surface area contributed by atoms with Crippen LogP contribution in [0.4, 0.5) is 8.78 Å². The number of fused-ring (bicyclic) bond motifs is 3. The third kappa shape index (κ3) is 5.00. The van der Waals surface area contributed by atoms with E-state index in [0.717, 1.165) is 33.2 Å². The summed E-state index contributed by atoms with van der Waals surface area (Å²) in [5.74, 6) is -2.53. The van der Waals surface area contributed by atoms with Crippen molar-refractivity contribution < 1.29 is 13.5 Å². The molecule has 4 heterocycles. The summed E-state index contributed by atoms with van der Waals surface area (Å²) in [6, 6.07) is 9.84. The molecule has 1 aromatic carbocycles. The number of imidazole rings is 1. The minimum atomic E-state index is -2.53. The Morgan fingerprint density at radius 2 is 1.78 bits per heavy atom. The van der Waals surface area contributed by atoms with Gasteiger partial charge in [0.2, 0.25) is 0 Å². The zero-order chi connectivity index (χ0) is 26.3. The number of hydrogen-bond acceptors (Lipinski definition) is 6. The topological polar surface area (TPSA) is 78.1 Å². The van der Waals surface area contributed by atoms with Gasteiger partial charge < -0.3 is 9.64 Å². The van der Waals surface area contributed by atoms with Gasteiger partial charge in [-0.15, -0.1) is 10.2 Å². The number of piperidine rings is 1. The summed E-state index contributed by atoms with van der Waals surface area (Å²) in [6.07, 6.45) is 1.43. The van der Waals surface area contributed by atoms with Crippen LogP contribution in [0.15, 0.2) is 41.3 Å². The molecule has 0 aliphatic carbocycles. The van der Waals surface area contributed by atoms with Crippen molar-refractivity contribution >= 4 is 22.1 Å². The van der Waals surface area contributed by atoms with Crippen LogP contribution in [-0.4, -0.2) is 61.4 Å². The van der Waals surface area contributed by atoms with Gasteiger partial charge in [-0.1, -0.05) is 12.1 Å². The smallest absolute Gasteiger partial charge is 0.330 e. The van der Waals surface area contributed by atoms with Gasteiger partial charge in [0.1, 0.15) is 5.52 Å². The molecule has 3 aromatic heterocycles. The monoisotopic (exact) mass is 510 g/mol. The van der Waals surface area contributed by atoms with E-state index in [0.29, 0.717) is 31.9 Å². The van der Waals surface area contributed by atoms with E-state index in [1.807, 2.05) is 62.2 Å². The summed E-state index contributed by atoms with van der Waals surface area (Å²) < 4.78 is 35.9. The zero-order valence-corrected chi connectivity index (χ0v) is 21.6. The standard InChI is InChI=1S/C27H32F2N6O2/c1-17(2)35-24-21-15-19(5-8-23(21)31-32-25(24)33(4)26(35)36)20-6-7-22(30-16-20)18(3)37-14-13-34-11-9-27(28,29)10-12-34/h5-8,15-18H,9-14H2,1-4H3/t18-/m1/s1. The molecule has 196 valence electrons. The Bertz CT molecular complexity index is 1470. The predicted molar refractivity (Wildman–Crippen MR) is 139 cm³/mol. The van der Waals surface area contributed by atoms with E-state index in [1.54, 1.807) is 11.6 Å². The number of aryl methyl sites for hydroxylation is 1. The number of alkyl halides is 2. The third-order valence-electron chi connectivity index (χ3n) is 7.18. The van der Waals surface area contributed by atoms with Gasteiger partial charge in [0.25, 0.3) is 5.92 Å². The lowest BCUT2D eigenvalue weighted by Crippen LogP contribution is -2.40.